The quantitative estimate of drug-likeness (QED) is 0.735. The van der Waals surface area contributed by atoms with Gasteiger partial charge in [0.15, 0.2) is 0 Å². The minimum Gasteiger partial charge on any atom is -0.395 e. The van der Waals surface area contributed by atoms with Gasteiger partial charge in [-0.05, 0) is 34.1 Å². The minimum absolute atomic E-state index is 0.000625. The Labute approximate surface area is 113 Å². The Morgan fingerprint density at radius 2 is 1.94 bits per heavy atom. The van der Waals surface area contributed by atoms with Gasteiger partial charge in [-0.25, -0.2) is 13.1 Å². The fraction of sp³-hybridized carbons (Fsp3) is 0.333. The molecule has 0 aliphatic heterocycles. The minimum atomic E-state index is -3.78. The van der Waals surface area contributed by atoms with Gasteiger partial charge in [-0.1, -0.05) is 11.6 Å². The maximum atomic E-state index is 11.8. The van der Waals surface area contributed by atoms with E-state index in [0.29, 0.717) is 9.50 Å². The Hall–Kier alpha value is -0.180. The highest BCUT2D eigenvalue weighted by molar-refractivity contribution is 9.10. The van der Waals surface area contributed by atoms with Crippen LogP contribution in [0.15, 0.2) is 27.6 Å². The maximum Gasteiger partial charge on any atom is 0.241 e. The van der Waals surface area contributed by atoms with Crippen LogP contribution in [0.1, 0.15) is 0 Å². The molecule has 0 spiro atoms. The molecule has 0 aliphatic rings. The van der Waals surface area contributed by atoms with Gasteiger partial charge >= 0.3 is 0 Å². The van der Waals surface area contributed by atoms with Gasteiger partial charge in [-0.2, -0.15) is 0 Å². The van der Waals surface area contributed by atoms with Crippen LogP contribution in [0.25, 0.3) is 0 Å². The van der Waals surface area contributed by atoms with Gasteiger partial charge < -0.3 is 10.2 Å². The van der Waals surface area contributed by atoms with Crippen molar-refractivity contribution < 1.29 is 18.6 Å². The molecule has 3 N–H and O–H groups in total. The monoisotopic (exact) mass is 343 g/mol. The number of sulfonamides is 1. The first kappa shape index (κ1) is 14.9. The lowest BCUT2D eigenvalue weighted by Crippen LogP contribution is -2.39. The summed E-state index contributed by atoms with van der Waals surface area (Å²) in [6.07, 6.45) is 0. The lowest BCUT2D eigenvalue weighted by atomic mass is 10.4. The van der Waals surface area contributed by atoms with Crippen molar-refractivity contribution in [1.29, 1.82) is 0 Å². The lowest BCUT2D eigenvalue weighted by Gasteiger charge is -2.14. The van der Waals surface area contributed by atoms with E-state index in [2.05, 4.69) is 20.7 Å². The second-order valence-corrected chi connectivity index (χ2v) is 6.23. The molecule has 1 rings (SSSR count). The molecule has 1 aromatic carbocycles. The van der Waals surface area contributed by atoms with E-state index in [4.69, 9.17) is 21.8 Å². The summed E-state index contributed by atoms with van der Waals surface area (Å²) in [4.78, 5) is 0.000625. The van der Waals surface area contributed by atoms with Crippen molar-refractivity contribution in [2.45, 2.75) is 10.9 Å². The molecule has 0 saturated heterocycles. The molecule has 0 amide bonds. The number of rotatable bonds is 5. The molecule has 0 saturated carbocycles. The van der Waals surface area contributed by atoms with E-state index >= 15 is 0 Å². The fourth-order valence-corrected chi connectivity index (χ4v) is 2.96. The van der Waals surface area contributed by atoms with Gasteiger partial charge in [-0.3, -0.25) is 0 Å². The highest BCUT2D eigenvalue weighted by Crippen LogP contribution is 2.25. The standard InChI is InChI=1S/C9H11BrClNO4S/c10-8-3-7(1-2-9(8)11)17(15,16)12-6(4-13)5-14/h1-3,6,12-14H,4-5H2. The predicted octanol–water partition coefficient (Wildman–Crippen LogP) is 0.734. The summed E-state index contributed by atoms with van der Waals surface area (Å²) in [6.45, 7) is -0.963. The van der Waals surface area contributed by atoms with Crippen LogP contribution in [0.4, 0.5) is 0 Å². The van der Waals surface area contributed by atoms with Crippen LogP contribution in [-0.4, -0.2) is 37.9 Å². The number of hydrogen-bond donors (Lipinski definition) is 3. The highest BCUT2D eigenvalue weighted by atomic mass is 79.9. The molecule has 0 unspecified atom stereocenters. The number of nitrogens with one attached hydrogen (secondary N) is 1. The summed E-state index contributed by atoms with van der Waals surface area (Å²) < 4.78 is 26.3. The summed E-state index contributed by atoms with van der Waals surface area (Å²) in [5.41, 5.74) is 0. The van der Waals surface area contributed by atoms with Crippen LogP contribution in [0.2, 0.25) is 5.02 Å². The van der Waals surface area contributed by atoms with E-state index in [9.17, 15) is 8.42 Å². The number of aliphatic hydroxyl groups excluding tert-OH is 2. The molecule has 0 heterocycles. The Morgan fingerprint density at radius 3 is 2.41 bits per heavy atom. The van der Waals surface area contributed by atoms with Crippen LogP contribution in [0.5, 0.6) is 0 Å². The Morgan fingerprint density at radius 1 is 1.35 bits per heavy atom. The molecule has 5 nitrogen and oxygen atoms in total. The molecule has 0 fully saturated rings. The third kappa shape index (κ3) is 3.90. The molecular weight excluding hydrogens is 334 g/mol. The van der Waals surface area contributed by atoms with Gasteiger partial charge in [0.05, 0.1) is 29.2 Å². The van der Waals surface area contributed by atoms with E-state index in [1.54, 1.807) is 0 Å². The Balaban J connectivity index is 3.01. The average molecular weight is 345 g/mol. The summed E-state index contributed by atoms with van der Waals surface area (Å²) in [6, 6.07) is 3.19. The van der Waals surface area contributed by atoms with E-state index in [-0.39, 0.29) is 4.90 Å². The molecule has 17 heavy (non-hydrogen) atoms. The van der Waals surface area contributed by atoms with Gasteiger partial charge in [-0.15, -0.1) is 0 Å². The largest absolute Gasteiger partial charge is 0.395 e. The number of benzene rings is 1. The third-order valence-electron chi connectivity index (χ3n) is 1.96. The molecular formula is C9H11BrClNO4S. The average Bonchev–Trinajstić information content (AvgIpc) is 2.29. The van der Waals surface area contributed by atoms with Crippen LogP contribution < -0.4 is 4.72 Å². The Kier molecular flexibility index (Phi) is 5.36. The first-order valence-corrected chi connectivity index (χ1v) is 7.25. The highest BCUT2D eigenvalue weighted by Gasteiger charge is 2.19. The molecule has 96 valence electrons. The van der Waals surface area contributed by atoms with E-state index < -0.39 is 29.3 Å². The first-order valence-electron chi connectivity index (χ1n) is 4.60. The normalized spacial score (nSPS) is 12.1. The van der Waals surface area contributed by atoms with Crippen LogP contribution >= 0.6 is 27.5 Å². The molecule has 1 aromatic rings. The summed E-state index contributed by atoms with van der Waals surface area (Å²) in [7, 11) is -3.78. The summed E-state index contributed by atoms with van der Waals surface area (Å²) in [5, 5.41) is 18.0. The zero-order valence-electron chi connectivity index (χ0n) is 8.60. The summed E-state index contributed by atoms with van der Waals surface area (Å²) >= 11 is 8.86. The van der Waals surface area contributed by atoms with Gasteiger partial charge in [0.1, 0.15) is 0 Å². The van der Waals surface area contributed by atoms with Crippen molar-refractivity contribution in [2.24, 2.45) is 0 Å². The number of aliphatic hydroxyl groups is 2. The molecule has 8 heteroatoms. The predicted molar refractivity (Wildman–Crippen MR) is 67.4 cm³/mol. The maximum absolute atomic E-state index is 11.8. The van der Waals surface area contributed by atoms with Crippen molar-refractivity contribution in [3.8, 4) is 0 Å². The first-order chi connectivity index (χ1) is 7.90. The SMILES string of the molecule is O=S(=O)(NC(CO)CO)c1ccc(Cl)c(Br)c1. The fourth-order valence-electron chi connectivity index (χ4n) is 1.06. The van der Waals surface area contributed by atoms with Gasteiger partial charge in [0, 0.05) is 4.47 Å². The zero-order chi connectivity index (χ0) is 13.1. The smallest absolute Gasteiger partial charge is 0.241 e. The second kappa shape index (κ2) is 6.12. The van der Waals surface area contributed by atoms with Gasteiger partial charge in [0.25, 0.3) is 0 Å². The van der Waals surface area contributed by atoms with Crippen LogP contribution in [-0.2, 0) is 10.0 Å². The van der Waals surface area contributed by atoms with Crippen molar-refractivity contribution in [1.82, 2.24) is 4.72 Å². The topological polar surface area (TPSA) is 86.6 Å². The van der Waals surface area contributed by atoms with Crippen molar-refractivity contribution >= 4 is 37.6 Å². The van der Waals surface area contributed by atoms with Crippen LogP contribution in [0, 0.1) is 0 Å². The molecule has 0 bridgehead atoms. The molecule has 0 atom stereocenters. The van der Waals surface area contributed by atoms with Crippen molar-refractivity contribution in [3.63, 3.8) is 0 Å². The molecule has 0 radical (unpaired) electrons. The van der Waals surface area contributed by atoms with Crippen molar-refractivity contribution in [3.05, 3.63) is 27.7 Å². The van der Waals surface area contributed by atoms with E-state index in [1.165, 1.54) is 18.2 Å². The lowest BCUT2D eigenvalue weighted by molar-refractivity contribution is 0.185. The van der Waals surface area contributed by atoms with E-state index in [0.717, 1.165) is 0 Å². The second-order valence-electron chi connectivity index (χ2n) is 3.26. The zero-order valence-corrected chi connectivity index (χ0v) is 11.8. The molecule has 0 aromatic heterocycles. The Bertz CT molecular complexity index is 490. The van der Waals surface area contributed by atoms with Crippen molar-refractivity contribution in [2.75, 3.05) is 13.2 Å². The van der Waals surface area contributed by atoms with Crippen LogP contribution in [0.3, 0.4) is 0 Å². The number of halogens is 2. The van der Waals surface area contributed by atoms with Gasteiger partial charge in [0.2, 0.25) is 10.0 Å². The number of hydrogen-bond acceptors (Lipinski definition) is 4. The van der Waals surface area contributed by atoms with E-state index in [1.807, 2.05) is 0 Å². The third-order valence-corrected chi connectivity index (χ3v) is 4.70. The summed E-state index contributed by atoms with van der Waals surface area (Å²) in [5.74, 6) is 0. The molecule has 0 aliphatic carbocycles.